The Morgan fingerprint density at radius 2 is 2.00 bits per heavy atom. The van der Waals surface area contributed by atoms with E-state index in [0.717, 1.165) is 38.6 Å². The van der Waals surface area contributed by atoms with Gasteiger partial charge in [-0.05, 0) is 43.9 Å². The van der Waals surface area contributed by atoms with Gasteiger partial charge in [0, 0.05) is 25.1 Å². The lowest BCUT2D eigenvalue weighted by Crippen LogP contribution is -2.35. The van der Waals surface area contributed by atoms with Crippen molar-refractivity contribution in [2.24, 2.45) is 23.5 Å². The van der Waals surface area contributed by atoms with Gasteiger partial charge in [0.25, 0.3) is 0 Å². The summed E-state index contributed by atoms with van der Waals surface area (Å²) in [4.78, 5) is 11.9. The number of hydrogen-bond acceptors (Lipinski definition) is 3. The molecule has 0 spiro atoms. The number of amides is 1. The topological polar surface area (TPSA) is 75.4 Å². The molecule has 17 heavy (non-hydrogen) atoms. The molecule has 98 valence electrons. The summed E-state index contributed by atoms with van der Waals surface area (Å²) >= 11 is 0. The Labute approximate surface area is 103 Å². The quantitative estimate of drug-likeness (QED) is 0.675. The third-order valence-corrected chi connectivity index (χ3v) is 4.43. The summed E-state index contributed by atoms with van der Waals surface area (Å²) in [6, 6.07) is 0.211. The summed E-state index contributed by atoms with van der Waals surface area (Å²) in [5, 5.41) is 12.3. The zero-order chi connectivity index (χ0) is 12.3. The summed E-state index contributed by atoms with van der Waals surface area (Å²) in [5.41, 5.74) is 5.81. The SMILES string of the molecule is NC1CCC(C(=O)NCC2CCCC2CO)C1. The molecule has 4 nitrogen and oxygen atoms in total. The molecule has 4 heteroatoms. The average molecular weight is 240 g/mol. The molecule has 0 aromatic carbocycles. The molecular formula is C13H24N2O2. The molecule has 0 aromatic rings. The van der Waals surface area contributed by atoms with Crippen molar-refractivity contribution in [1.29, 1.82) is 0 Å². The molecular weight excluding hydrogens is 216 g/mol. The Bertz CT molecular complexity index is 270. The minimum Gasteiger partial charge on any atom is -0.396 e. The minimum absolute atomic E-state index is 0.124. The van der Waals surface area contributed by atoms with Crippen LogP contribution in [0, 0.1) is 17.8 Å². The Hall–Kier alpha value is -0.610. The van der Waals surface area contributed by atoms with Gasteiger partial charge in [0.05, 0.1) is 0 Å². The van der Waals surface area contributed by atoms with E-state index in [9.17, 15) is 9.90 Å². The first-order valence-electron chi connectivity index (χ1n) is 6.85. The van der Waals surface area contributed by atoms with Gasteiger partial charge >= 0.3 is 0 Å². The Morgan fingerprint density at radius 1 is 1.24 bits per heavy atom. The van der Waals surface area contributed by atoms with E-state index in [0.29, 0.717) is 11.8 Å². The lowest BCUT2D eigenvalue weighted by molar-refractivity contribution is -0.125. The van der Waals surface area contributed by atoms with E-state index >= 15 is 0 Å². The van der Waals surface area contributed by atoms with E-state index in [-0.39, 0.29) is 24.5 Å². The van der Waals surface area contributed by atoms with E-state index in [1.165, 1.54) is 6.42 Å². The zero-order valence-electron chi connectivity index (χ0n) is 10.4. The first-order chi connectivity index (χ1) is 8.20. The molecule has 0 bridgehead atoms. The lowest BCUT2D eigenvalue weighted by atomic mass is 9.96. The highest BCUT2D eigenvalue weighted by Crippen LogP contribution is 2.31. The van der Waals surface area contributed by atoms with Crippen LogP contribution in [0.4, 0.5) is 0 Å². The molecule has 2 saturated carbocycles. The van der Waals surface area contributed by atoms with Crippen LogP contribution in [-0.2, 0) is 4.79 Å². The minimum atomic E-state index is 0.124. The summed E-state index contributed by atoms with van der Waals surface area (Å²) in [5.74, 6) is 1.15. The molecule has 4 atom stereocenters. The number of aliphatic hydroxyl groups excluding tert-OH is 1. The molecule has 2 fully saturated rings. The fourth-order valence-corrected chi connectivity index (χ4v) is 3.25. The molecule has 0 aliphatic heterocycles. The van der Waals surface area contributed by atoms with E-state index < -0.39 is 0 Å². The Kier molecular flexibility index (Phi) is 4.40. The van der Waals surface area contributed by atoms with Crippen LogP contribution in [0.5, 0.6) is 0 Å². The van der Waals surface area contributed by atoms with Gasteiger partial charge in [-0.25, -0.2) is 0 Å². The molecule has 4 unspecified atom stereocenters. The van der Waals surface area contributed by atoms with Crippen LogP contribution in [0.25, 0.3) is 0 Å². The lowest BCUT2D eigenvalue weighted by Gasteiger charge is -2.19. The fourth-order valence-electron chi connectivity index (χ4n) is 3.25. The second kappa shape index (κ2) is 5.83. The number of carbonyl (C=O) groups excluding carboxylic acids is 1. The maximum atomic E-state index is 11.9. The van der Waals surface area contributed by atoms with Crippen LogP contribution in [0.1, 0.15) is 38.5 Å². The van der Waals surface area contributed by atoms with E-state index in [1.807, 2.05) is 0 Å². The zero-order valence-corrected chi connectivity index (χ0v) is 10.4. The van der Waals surface area contributed by atoms with Crippen molar-refractivity contribution in [2.75, 3.05) is 13.2 Å². The number of hydrogen-bond donors (Lipinski definition) is 3. The number of nitrogens with one attached hydrogen (secondary N) is 1. The highest BCUT2D eigenvalue weighted by Gasteiger charge is 2.30. The van der Waals surface area contributed by atoms with Crippen molar-refractivity contribution in [1.82, 2.24) is 5.32 Å². The van der Waals surface area contributed by atoms with E-state index in [1.54, 1.807) is 0 Å². The Balaban J connectivity index is 1.72. The molecule has 4 N–H and O–H groups in total. The van der Waals surface area contributed by atoms with Crippen molar-refractivity contribution < 1.29 is 9.90 Å². The van der Waals surface area contributed by atoms with Gasteiger partial charge in [-0.2, -0.15) is 0 Å². The van der Waals surface area contributed by atoms with Crippen LogP contribution in [0.2, 0.25) is 0 Å². The summed E-state index contributed by atoms with van der Waals surface area (Å²) in [6.45, 7) is 0.991. The van der Waals surface area contributed by atoms with Crippen LogP contribution in [-0.4, -0.2) is 30.2 Å². The second-order valence-electron chi connectivity index (χ2n) is 5.65. The molecule has 0 saturated heterocycles. The third kappa shape index (κ3) is 3.19. The van der Waals surface area contributed by atoms with Gasteiger partial charge < -0.3 is 16.2 Å². The molecule has 2 rings (SSSR count). The summed E-state index contributed by atoms with van der Waals surface area (Å²) in [6.07, 6.45) is 6.16. The summed E-state index contributed by atoms with van der Waals surface area (Å²) < 4.78 is 0. The first-order valence-corrected chi connectivity index (χ1v) is 6.85. The standard InChI is InChI=1S/C13H24N2O2/c14-12-5-4-9(6-12)13(17)15-7-10-2-1-3-11(10)8-16/h9-12,16H,1-8,14H2,(H,15,17). The van der Waals surface area contributed by atoms with Crippen LogP contribution < -0.4 is 11.1 Å². The molecule has 2 aliphatic rings. The van der Waals surface area contributed by atoms with E-state index in [4.69, 9.17) is 5.73 Å². The van der Waals surface area contributed by atoms with Gasteiger partial charge in [0.2, 0.25) is 5.91 Å². The number of carbonyl (C=O) groups is 1. The van der Waals surface area contributed by atoms with Crippen molar-refractivity contribution in [3.05, 3.63) is 0 Å². The van der Waals surface area contributed by atoms with Gasteiger partial charge in [0.15, 0.2) is 0 Å². The Morgan fingerprint density at radius 3 is 2.65 bits per heavy atom. The maximum Gasteiger partial charge on any atom is 0.223 e. The number of aliphatic hydroxyl groups is 1. The van der Waals surface area contributed by atoms with Gasteiger partial charge in [-0.1, -0.05) is 6.42 Å². The number of nitrogens with two attached hydrogens (primary N) is 1. The monoisotopic (exact) mass is 240 g/mol. The molecule has 0 aromatic heterocycles. The van der Waals surface area contributed by atoms with Crippen molar-refractivity contribution in [2.45, 2.75) is 44.6 Å². The molecule has 0 radical (unpaired) electrons. The molecule has 2 aliphatic carbocycles. The van der Waals surface area contributed by atoms with Gasteiger partial charge in [-0.15, -0.1) is 0 Å². The van der Waals surface area contributed by atoms with Crippen LogP contribution in [0.3, 0.4) is 0 Å². The largest absolute Gasteiger partial charge is 0.396 e. The average Bonchev–Trinajstić information content (AvgIpc) is 2.94. The smallest absolute Gasteiger partial charge is 0.223 e. The molecule has 1 amide bonds. The van der Waals surface area contributed by atoms with Gasteiger partial charge in [0.1, 0.15) is 0 Å². The third-order valence-electron chi connectivity index (χ3n) is 4.43. The summed E-state index contributed by atoms with van der Waals surface area (Å²) in [7, 11) is 0. The van der Waals surface area contributed by atoms with Crippen molar-refractivity contribution in [3.63, 3.8) is 0 Å². The highest BCUT2D eigenvalue weighted by atomic mass is 16.3. The first kappa shape index (κ1) is 12.8. The van der Waals surface area contributed by atoms with Crippen molar-refractivity contribution >= 4 is 5.91 Å². The normalized spacial score (nSPS) is 37.3. The van der Waals surface area contributed by atoms with Gasteiger partial charge in [-0.3, -0.25) is 4.79 Å². The van der Waals surface area contributed by atoms with Crippen molar-refractivity contribution in [3.8, 4) is 0 Å². The predicted molar refractivity (Wildman–Crippen MR) is 66.2 cm³/mol. The highest BCUT2D eigenvalue weighted by molar-refractivity contribution is 5.79. The fraction of sp³-hybridized carbons (Fsp3) is 0.923. The second-order valence-corrected chi connectivity index (χ2v) is 5.65. The number of rotatable bonds is 4. The van der Waals surface area contributed by atoms with E-state index in [2.05, 4.69) is 5.32 Å². The predicted octanol–water partition coefficient (Wildman–Crippen LogP) is 0.639. The van der Waals surface area contributed by atoms with Crippen LogP contribution in [0.15, 0.2) is 0 Å². The maximum absolute atomic E-state index is 11.9. The molecule has 0 heterocycles. The van der Waals surface area contributed by atoms with Crippen LogP contribution >= 0.6 is 0 Å².